The summed E-state index contributed by atoms with van der Waals surface area (Å²) in [5, 5.41) is 11.6. The molecular formula is C12H20N4O2. The molecule has 1 heterocycles. The van der Waals surface area contributed by atoms with Gasteiger partial charge in [-0.2, -0.15) is 0 Å². The molecule has 6 heteroatoms. The van der Waals surface area contributed by atoms with E-state index in [-0.39, 0.29) is 6.42 Å². The Balaban J connectivity index is 2.52. The lowest BCUT2D eigenvalue weighted by Crippen LogP contribution is -2.26. The Hall–Kier alpha value is -1.85. The topological polar surface area (TPSA) is 78.4 Å². The highest BCUT2D eigenvalue weighted by atomic mass is 16.4. The lowest BCUT2D eigenvalue weighted by molar-refractivity contribution is -0.137. The van der Waals surface area contributed by atoms with E-state index in [1.807, 2.05) is 18.0 Å². The third-order valence-corrected chi connectivity index (χ3v) is 2.66. The van der Waals surface area contributed by atoms with E-state index >= 15 is 0 Å². The number of rotatable bonds is 7. The molecule has 0 atom stereocenters. The molecule has 0 spiro atoms. The Morgan fingerprint density at radius 3 is 2.83 bits per heavy atom. The summed E-state index contributed by atoms with van der Waals surface area (Å²) in [7, 11) is 1.97. The number of aliphatic carboxylic acids is 1. The molecule has 0 bridgehead atoms. The number of hydrogen-bond donors (Lipinski definition) is 2. The van der Waals surface area contributed by atoms with Gasteiger partial charge in [0.2, 0.25) is 0 Å². The van der Waals surface area contributed by atoms with Crippen molar-refractivity contribution in [2.75, 3.05) is 23.8 Å². The minimum absolute atomic E-state index is 0.164. The molecule has 1 rings (SSSR count). The molecule has 0 aliphatic carbocycles. The molecule has 0 unspecified atom stereocenters. The summed E-state index contributed by atoms with van der Waals surface area (Å²) < 4.78 is 0. The van der Waals surface area contributed by atoms with Crippen molar-refractivity contribution in [2.24, 2.45) is 0 Å². The molecule has 1 aromatic rings. The van der Waals surface area contributed by atoms with Crippen molar-refractivity contribution in [3.63, 3.8) is 0 Å². The Kier molecular flexibility index (Phi) is 5.35. The van der Waals surface area contributed by atoms with Crippen LogP contribution in [0.2, 0.25) is 0 Å². The predicted molar refractivity (Wildman–Crippen MR) is 70.9 cm³/mol. The van der Waals surface area contributed by atoms with Crippen LogP contribution in [0.15, 0.2) is 12.4 Å². The van der Waals surface area contributed by atoms with Crippen molar-refractivity contribution in [3.8, 4) is 0 Å². The maximum atomic E-state index is 10.4. The number of anilines is 2. The van der Waals surface area contributed by atoms with Crippen LogP contribution in [0, 0.1) is 0 Å². The quantitative estimate of drug-likeness (QED) is 0.718. The van der Waals surface area contributed by atoms with Crippen LogP contribution >= 0.6 is 0 Å². The normalized spacial score (nSPS) is 10.4. The number of nitrogens with zero attached hydrogens (tertiary/aromatic N) is 3. The smallest absolute Gasteiger partial charge is 0.303 e. The fourth-order valence-electron chi connectivity index (χ4n) is 1.36. The van der Waals surface area contributed by atoms with E-state index in [0.29, 0.717) is 19.0 Å². The van der Waals surface area contributed by atoms with Crippen molar-refractivity contribution >= 4 is 17.6 Å². The summed E-state index contributed by atoms with van der Waals surface area (Å²) in [6.45, 7) is 4.76. The maximum absolute atomic E-state index is 10.4. The summed E-state index contributed by atoms with van der Waals surface area (Å²) in [6, 6.07) is 2.22. The van der Waals surface area contributed by atoms with Crippen LogP contribution in [-0.4, -0.2) is 40.7 Å². The number of aromatic nitrogens is 2. The van der Waals surface area contributed by atoms with Crippen molar-refractivity contribution < 1.29 is 9.90 Å². The highest BCUT2D eigenvalue weighted by molar-refractivity contribution is 5.66. The first-order valence-electron chi connectivity index (χ1n) is 6.01. The van der Waals surface area contributed by atoms with Gasteiger partial charge in [0, 0.05) is 32.1 Å². The minimum atomic E-state index is -0.778. The number of carbonyl (C=O) groups is 1. The van der Waals surface area contributed by atoms with Crippen molar-refractivity contribution in [2.45, 2.75) is 32.7 Å². The van der Waals surface area contributed by atoms with Gasteiger partial charge in [0.05, 0.1) is 0 Å². The Morgan fingerprint density at radius 1 is 1.50 bits per heavy atom. The standard InChI is InChI=1S/C12H20N4O2/c1-9(2)16(3)11-7-10(14-8-15-11)13-6-4-5-12(17)18/h7-9H,4-6H2,1-3H3,(H,17,18)(H,13,14,15). The summed E-state index contributed by atoms with van der Waals surface area (Å²) in [4.78, 5) is 20.7. The molecule has 100 valence electrons. The van der Waals surface area contributed by atoms with Crippen LogP contribution in [-0.2, 0) is 4.79 Å². The zero-order valence-electron chi connectivity index (χ0n) is 11.1. The monoisotopic (exact) mass is 252 g/mol. The summed E-state index contributed by atoms with van der Waals surface area (Å²) in [6.07, 6.45) is 2.25. The molecule has 0 fully saturated rings. The van der Waals surface area contributed by atoms with Crippen LogP contribution in [0.3, 0.4) is 0 Å². The van der Waals surface area contributed by atoms with E-state index in [2.05, 4.69) is 29.1 Å². The summed E-state index contributed by atoms with van der Waals surface area (Å²) >= 11 is 0. The number of nitrogens with one attached hydrogen (secondary N) is 1. The van der Waals surface area contributed by atoms with Crippen molar-refractivity contribution in [3.05, 3.63) is 12.4 Å². The van der Waals surface area contributed by atoms with Crippen LogP contribution in [0.5, 0.6) is 0 Å². The average molecular weight is 252 g/mol. The van der Waals surface area contributed by atoms with E-state index in [1.54, 1.807) is 0 Å². The van der Waals surface area contributed by atoms with E-state index in [0.717, 1.165) is 11.6 Å². The molecule has 6 nitrogen and oxygen atoms in total. The molecule has 0 aromatic carbocycles. The van der Waals surface area contributed by atoms with Gasteiger partial charge in [0.1, 0.15) is 18.0 Å². The molecule has 0 saturated carbocycles. The molecule has 18 heavy (non-hydrogen) atoms. The fourth-order valence-corrected chi connectivity index (χ4v) is 1.36. The van der Waals surface area contributed by atoms with Crippen molar-refractivity contribution in [1.29, 1.82) is 0 Å². The molecule has 2 N–H and O–H groups in total. The first-order chi connectivity index (χ1) is 8.50. The fraction of sp³-hybridized carbons (Fsp3) is 0.583. The highest BCUT2D eigenvalue weighted by Gasteiger charge is 2.07. The maximum Gasteiger partial charge on any atom is 0.303 e. The van der Waals surface area contributed by atoms with E-state index in [1.165, 1.54) is 6.33 Å². The predicted octanol–water partition coefficient (Wildman–Crippen LogP) is 1.60. The van der Waals surface area contributed by atoms with E-state index in [4.69, 9.17) is 5.11 Å². The van der Waals surface area contributed by atoms with Crippen LogP contribution in [0.4, 0.5) is 11.6 Å². The molecule has 0 amide bonds. The van der Waals surface area contributed by atoms with Crippen LogP contribution in [0.1, 0.15) is 26.7 Å². The second kappa shape index (κ2) is 6.78. The first kappa shape index (κ1) is 14.2. The summed E-state index contributed by atoms with van der Waals surface area (Å²) in [5.74, 6) is 0.790. The SMILES string of the molecule is CC(C)N(C)c1cc(NCCCC(=O)O)ncn1. The first-order valence-corrected chi connectivity index (χ1v) is 6.01. The largest absolute Gasteiger partial charge is 0.481 e. The van der Waals surface area contributed by atoms with E-state index < -0.39 is 5.97 Å². The molecule has 0 aliphatic heterocycles. The average Bonchev–Trinajstić information content (AvgIpc) is 2.33. The molecule has 0 saturated heterocycles. The van der Waals surface area contributed by atoms with Gasteiger partial charge in [0.25, 0.3) is 0 Å². The van der Waals surface area contributed by atoms with Gasteiger partial charge in [-0.25, -0.2) is 9.97 Å². The molecule has 0 radical (unpaired) electrons. The third-order valence-electron chi connectivity index (χ3n) is 2.66. The zero-order chi connectivity index (χ0) is 13.5. The number of carboxylic acids is 1. The van der Waals surface area contributed by atoms with Crippen molar-refractivity contribution in [1.82, 2.24) is 9.97 Å². The Morgan fingerprint density at radius 2 is 2.22 bits per heavy atom. The van der Waals surface area contributed by atoms with Gasteiger partial charge in [0.15, 0.2) is 0 Å². The zero-order valence-corrected chi connectivity index (χ0v) is 11.1. The van der Waals surface area contributed by atoms with Crippen LogP contribution in [0.25, 0.3) is 0 Å². The Bertz CT molecular complexity index is 395. The number of carboxylic acid groups (broad SMARTS) is 1. The molecule has 0 aliphatic rings. The lowest BCUT2D eigenvalue weighted by atomic mass is 10.3. The Labute approximate surface area is 107 Å². The summed E-state index contributed by atoms with van der Waals surface area (Å²) in [5.41, 5.74) is 0. The van der Waals surface area contributed by atoms with E-state index in [9.17, 15) is 4.79 Å². The molecule has 1 aromatic heterocycles. The van der Waals surface area contributed by atoms with Crippen LogP contribution < -0.4 is 10.2 Å². The van der Waals surface area contributed by atoms with Gasteiger partial charge in [-0.15, -0.1) is 0 Å². The van der Waals surface area contributed by atoms with Gasteiger partial charge in [-0.1, -0.05) is 0 Å². The van der Waals surface area contributed by atoms with Gasteiger partial charge in [-0.3, -0.25) is 4.79 Å². The third kappa shape index (κ3) is 4.57. The number of hydrogen-bond acceptors (Lipinski definition) is 5. The second-order valence-electron chi connectivity index (χ2n) is 4.39. The second-order valence-corrected chi connectivity index (χ2v) is 4.39. The molecular weight excluding hydrogens is 232 g/mol. The lowest BCUT2D eigenvalue weighted by Gasteiger charge is -2.22. The van der Waals surface area contributed by atoms with Gasteiger partial charge in [-0.05, 0) is 20.3 Å². The highest BCUT2D eigenvalue weighted by Crippen LogP contribution is 2.14. The van der Waals surface area contributed by atoms with Gasteiger partial charge < -0.3 is 15.3 Å². The van der Waals surface area contributed by atoms with Gasteiger partial charge >= 0.3 is 5.97 Å². The minimum Gasteiger partial charge on any atom is -0.481 e.